The molecule has 384 valence electrons. The predicted molar refractivity (Wildman–Crippen MR) is 332 cm³/mol. The highest BCUT2D eigenvalue weighted by molar-refractivity contribution is 5.85. The molecule has 10 aromatic carbocycles. The minimum atomic E-state index is 0.285. The number of hydrogen-bond donors (Lipinski definition) is 0. The molecule has 0 unspecified atom stereocenters. The van der Waals surface area contributed by atoms with Gasteiger partial charge in [-0.1, -0.05) is 290 Å². The van der Waals surface area contributed by atoms with Gasteiger partial charge < -0.3 is 0 Å². The van der Waals surface area contributed by atoms with Crippen molar-refractivity contribution in [3.63, 3.8) is 0 Å². The summed E-state index contributed by atoms with van der Waals surface area (Å²) in [6, 6.07) is 78.5. The van der Waals surface area contributed by atoms with Gasteiger partial charge in [0.15, 0.2) is 0 Å². The van der Waals surface area contributed by atoms with Crippen molar-refractivity contribution >= 4 is 21.5 Å². The Morgan fingerprint density at radius 3 is 1.00 bits per heavy atom. The van der Waals surface area contributed by atoms with Gasteiger partial charge in [-0.25, -0.2) is 0 Å². The Labute approximate surface area is 450 Å². The molecule has 10 aromatic rings. The molecule has 0 bridgehead atoms. The molecule has 0 saturated carbocycles. The van der Waals surface area contributed by atoms with E-state index in [1.165, 1.54) is 105 Å². The zero-order chi connectivity index (χ0) is 54.6. The van der Waals surface area contributed by atoms with Crippen LogP contribution in [0.2, 0.25) is 0 Å². The summed E-state index contributed by atoms with van der Waals surface area (Å²) in [5, 5.41) is 5.33. The Morgan fingerprint density at radius 2 is 0.568 bits per heavy atom. The van der Waals surface area contributed by atoms with E-state index in [9.17, 15) is 0 Å². The van der Waals surface area contributed by atoms with Gasteiger partial charge in [0.05, 0.1) is 0 Å². The van der Waals surface area contributed by atoms with E-state index in [-0.39, 0.29) is 5.41 Å². The highest BCUT2D eigenvalue weighted by Gasteiger charge is 2.12. The average Bonchev–Trinajstić information content (AvgIpc) is 3.37. The third-order valence-electron chi connectivity index (χ3n) is 12.7. The van der Waals surface area contributed by atoms with Crippen LogP contribution in [0.1, 0.15) is 104 Å². The molecular weight excluding hydrogens is 889 g/mol. The Morgan fingerprint density at radius 1 is 0.216 bits per heavy atom. The third-order valence-corrected chi connectivity index (χ3v) is 12.7. The Hall–Kier alpha value is -7.28. The first-order chi connectivity index (χ1) is 35.1. The first kappa shape index (κ1) is 61.0. The number of aryl methyl sites for hydroxylation is 13. The molecule has 0 fully saturated rings. The first-order valence-electron chi connectivity index (χ1n) is 26.2. The van der Waals surface area contributed by atoms with Gasteiger partial charge >= 0.3 is 0 Å². The van der Waals surface area contributed by atoms with Crippen LogP contribution in [-0.2, 0) is 5.41 Å². The summed E-state index contributed by atoms with van der Waals surface area (Å²) in [6.45, 7) is 36.4. The van der Waals surface area contributed by atoms with Crippen molar-refractivity contribution in [2.45, 2.75) is 123 Å². The third kappa shape index (κ3) is 24.0. The molecule has 0 amide bonds. The van der Waals surface area contributed by atoms with E-state index in [4.69, 9.17) is 0 Å². The summed E-state index contributed by atoms with van der Waals surface area (Å²) in [5.41, 5.74) is 20.7. The Bertz CT molecular complexity index is 3050. The molecule has 0 heteroatoms. The molecule has 0 aliphatic rings. The monoisotopic (exact) mass is 977 g/mol. The number of hydrogen-bond acceptors (Lipinski definition) is 0. The summed E-state index contributed by atoms with van der Waals surface area (Å²) in [4.78, 5) is 0. The van der Waals surface area contributed by atoms with Gasteiger partial charge in [0, 0.05) is 0 Å². The molecule has 0 aromatic heterocycles. The topological polar surface area (TPSA) is 0 Å². The van der Waals surface area contributed by atoms with Crippen molar-refractivity contribution in [3.05, 3.63) is 308 Å². The minimum Gasteiger partial charge on any atom is -0.0622 e. The lowest BCUT2D eigenvalue weighted by molar-refractivity contribution is 0.590. The molecule has 0 saturated heterocycles. The summed E-state index contributed by atoms with van der Waals surface area (Å²) in [6.07, 6.45) is 0. The quantitative estimate of drug-likeness (QED) is 0.142. The van der Waals surface area contributed by atoms with E-state index in [1.54, 1.807) is 0 Å². The molecule has 0 spiro atoms. The summed E-state index contributed by atoms with van der Waals surface area (Å²) in [5.74, 6) is 0. The maximum atomic E-state index is 2.23. The van der Waals surface area contributed by atoms with Crippen molar-refractivity contribution in [1.82, 2.24) is 0 Å². The fraction of sp³-hybridized carbons (Fsp3) is 0.243. The highest BCUT2D eigenvalue weighted by Crippen LogP contribution is 2.22. The van der Waals surface area contributed by atoms with Crippen LogP contribution in [0.25, 0.3) is 21.5 Å². The van der Waals surface area contributed by atoms with E-state index < -0.39 is 0 Å². The predicted octanol–water partition coefficient (Wildman–Crippen LogP) is 21.4. The summed E-state index contributed by atoms with van der Waals surface area (Å²) >= 11 is 0. The second-order valence-electron chi connectivity index (χ2n) is 20.8. The van der Waals surface area contributed by atoms with Crippen molar-refractivity contribution in [3.8, 4) is 0 Å². The molecule has 0 nitrogen and oxygen atoms in total. The van der Waals surface area contributed by atoms with E-state index in [0.29, 0.717) is 0 Å². The molecule has 10 rings (SSSR count). The first-order valence-corrected chi connectivity index (χ1v) is 26.2. The molecule has 0 aliphatic carbocycles. The van der Waals surface area contributed by atoms with Gasteiger partial charge in [-0.05, 0) is 163 Å². The van der Waals surface area contributed by atoms with Gasteiger partial charge in [0.25, 0.3) is 0 Å². The van der Waals surface area contributed by atoms with E-state index in [2.05, 4.69) is 324 Å². The minimum absolute atomic E-state index is 0.285. The van der Waals surface area contributed by atoms with Gasteiger partial charge in [-0.15, -0.1) is 0 Å². The van der Waals surface area contributed by atoms with E-state index in [1.807, 2.05) is 18.2 Å². The van der Waals surface area contributed by atoms with Crippen molar-refractivity contribution in [1.29, 1.82) is 0 Å². The zero-order valence-electron chi connectivity index (χ0n) is 48.4. The Kier molecular flexibility index (Phi) is 26.4. The van der Waals surface area contributed by atoms with Crippen LogP contribution in [0, 0.1) is 96.9 Å². The van der Waals surface area contributed by atoms with Crippen LogP contribution in [0.5, 0.6) is 0 Å². The number of rotatable bonds is 0. The van der Waals surface area contributed by atoms with Crippen molar-refractivity contribution < 1.29 is 0 Å². The maximum absolute atomic E-state index is 2.23. The lowest BCUT2D eigenvalue weighted by Gasteiger charge is -2.18. The summed E-state index contributed by atoms with van der Waals surface area (Å²) < 4.78 is 0. The van der Waals surface area contributed by atoms with Crippen molar-refractivity contribution in [2.24, 2.45) is 0 Å². The van der Waals surface area contributed by atoms with Gasteiger partial charge in [-0.3, -0.25) is 0 Å². The molecular formula is C74H88. The number of benzene rings is 10. The van der Waals surface area contributed by atoms with Crippen LogP contribution in [-0.4, -0.2) is 0 Å². The second-order valence-corrected chi connectivity index (χ2v) is 20.8. The maximum Gasteiger partial charge on any atom is -0.0132 e. The standard InChI is InChI=1S/2C11H10.C11H16.C10H14.3C8H10.C7H8/c1-9-5-4-7-10-6-2-3-8-11(9)10;1-9-6-7-10-4-2-3-5-11(10)8-9;1-9-5-7-10(8-6-9)11(2,3)4;1-7-5-8(2)10(4)9(3)6-7;1-7-3-5-8(2)6-4-7;1-7-4-3-5-8(2)6-7;1-7-5-3-4-6-8(7)2;1-7-5-3-2-4-6-7/h2*2-8H,1H3;5-8H,1-4H3;5-6H,1-4H3;3*3-6H,1-2H3;2-6H,1H3. The molecule has 0 radical (unpaired) electrons. The van der Waals surface area contributed by atoms with Crippen LogP contribution in [0.4, 0.5) is 0 Å². The lowest BCUT2D eigenvalue weighted by Crippen LogP contribution is -2.10. The van der Waals surface area contributed by atoms with Crippen LogP contribution < -0.4 is 0 Å². The molecule has 0 N–H and O–H groups in total. The van der Waals surface area contributed by atoms with Gasteiger partial charge in [0.1, 0.15) is 0 Å². The average molecular weight is 978 g/mol. The fourth-order valence-electron chi connectivity index (χ4n) is 7.64. The van der Waals surface area contributed by atoms with Crippen LogP contribution >= 0.6 is 0 Å². The SMILES string of the molecule is Cc1cc(C)c(C)c(C)c1.Cc1ccc(C(C)(C)C)cc1.Cc1ccc(C)cc1.Cc1ccc2ccccc2c1.Cc1cccc(C)c1.Cc1cccc2ccccc12.Cc1ccccc1.Cc1ccccc1C. The molecule has 0 heterocycles. The Balaban J connectivity index is 0.000000224. The lowest BCUT2D eigenvalue weighted by atomic mass is 9.87. The van der Waals surface area contributed by atoms with Gasteiger partial charge in [-0.2, -0.15) is 0 Å². The molecule has 0 aliphatic heterocycles. The normalized spacial score (nSPS) is 9.96. The smallest absolute Gasteiger partial charge is 0.0132 e. The second kappa shape index (κ2) is 32.0. The van der Waals surface area contributed by atoms with E-state index >= 15 is 0 Å². The highest BCUT2D eigenvalue weighted by atomic mass is 14.2. The van der Waals surface area contributed by atoms with Gasteiger partial charge in [0.2, 0.25) is 0 Å². The van der Waals surface area contributed by atoms with Crippen LogP contribution in [0.3, 0.4) is 0 Å². The van der Waals surface area contributed by atoms with Crippen molar-refractivity contribution in [2.75, 3.05) is 0 Å². The molecule has 74 heavy (non-hydrogen) atoms. The largest absolute Gasteiger partial charge is 0.0622 e. The zero-order valence-corrected chi connectivity index (χ0v) is 48.4. The van der Waals surface area contributed by atoms with E-state index in [0.717, 1.165) is 0 Å². The number of fused-ring (bicyclic) bond motifs is 2. The molecule has 0 atom stereocenters. The summed E-state index contributed by atoms with van der Waals surface area (Å²) in [7, 11) is 0. The van der Waals surface area contributed by atoms with Crippen LogP contribution in [0.15, 0.2) is 224 Å². The fourth-order valence-corrected chi connectivity index (χ4v) is 7.64.